The van der Waals surface area contributed by atoms with Gasteiger partial charge >= 0.3 is 6.61 Å². The summed E-state index contributed by atoms with van der Waals surface area (Å²) < 4.78 is 28.7. The Bertz CT molecular complexity index is 719. The van der Waals surface area contributed by atoms with E-state index in [1.807, 2.05) is 52.1 Å². The number of carbonyl (C=O) groups is 1. The number of carbonyl (C=O) groups excluding carboxylic acids is 1. The van der Waals surface area contributed by atoms with Crippen LogP contribution in [0.1, 0.15) is 32.8 Å². The van der Waals surface area contributed by atoms with Gasteiger partial charge in [-0.3, -0.25) is 4.79 Å². The molecule has 0 radical (unpaired) electrons. The Hall–Kier alpha value is -2.43. The van der Waals surface area contributed by atoms with Gasteiger partial charge in [-0.25, -0.2) is 0 Å². The quantitative estimate of drug-likeness (QED) is 0.694. The van der Waals surface area contributed by atoms with Gasteiger partial charge in [0, 0.05) is 20.0 Å². The lowest BCUT2D eigenvalue weighted by atomic mass is 9.91. The maximum Gasteiger partial charge on any atom is 0.387 e. The van der Waals surface area contributed by atoms with E-state index in [2.05, 4.69) is 4.74 Å². The van der Waals surface area contributed by atoms with Gasteiger partial charge in [0.25, 0.3) is 0 Å². The summed E-state index contributed by atoms with van der Waals surface area (Å²) in [5.74, 6) is 0.260. The smallest absolute Gasteiger partial charge is 0.387 e. The summed E-state index contributed by atoms with van der Waals surface area (Å²) in [7, 11) is 1.81. The first-order valence-electron chi connectivity index (χ1n) is 8.52. The zero-order valence-corrected chi connectivity index (χ0v) is 15.6. The maximum absolute atomic E-state index is 12.2. The second-order valence-electron chi connectivity index (χ2n) is 7.59. The topological polar surface area (TPSA) is 29.5 Å². The molecule has 140 valence electrons. The first-order valence-corrected chi connectivity index (χ1v) is 8.52. The van der Waals surface area contributed by atoms with E-state index in [4.69, 9.17) is 0 Å². The Morgan fingerprint density at radius 3 is 1.96 bits per heavy atom. The van der Waals surface area contributed by atoms with Crippen LogP contribution in [0.25, 0.3) is 11.1 Å². The van der Waals surface area contributed by atoms with Gasteiger partial charge in [-0.2, -0.15) is 8.78 Å². The molecule has 0 aliphatic rings. The summed E-state index contributed by atoms with van der Waals surface area (Å²) in [5, 5.41) is 0. The van der Waals surface area contributed by atoms with Crippen LogP contribution in [0.5, 0.6) is 5.75 Å². The van der Waals surface area contributed by atoms with Crippen molar-refractivity contribution >= 4 is 5.91 Å². The Morgan fingerprint density at radius 2 is 1.50 bits per heavy atom. The third kappa shape index (κ3) is 6.14. The zero-order valence-electron chi connectivity index (χ0n) is 15.6. The number of rotatable bonds is 6. The minimum Gasteiger partial charge on any atom is -0.435 e. The summed E-state index contributed by atoms with van der Waals surface area (Å²) in [4.78, 5) is 14.0. The fourth-order valence-corrected chi connectivity index (χ4v) is 2.58. The maximum atomic E-state index is 12.2. The highest BCUT2D eigenvalue weighted by molar-refractivity contribution is 5.76. The van der Waals surface area contributed by atoms with E-state index < -0.39 is 6.61 Å². The largest absolute Gasteiger partial charge is 0.435 e. The normalized spacial score (nSPS) is 11.5. The standard InChI is InChI=1S/C21H25F2NO2/c1-21(2,3)13-19(25)24(4)14-15-5-7-16(8-6-15)17-9-11-18(12-10-17)26-20(22)23/h5-12,20H,13-14H2,1-4H3. The number of alkyl halides is 2. The molecule has 0 aliphatic carbocycles. The Labute approximate surface area is 153 Å². The first kappa shape index (κ1) is 19.9. The van der Waals surface area contributed by atoms with Crippen LogP contribution in [0, 0.1) is 5.41 Å². The second-order valence-corrected chi connectivity index (χ2v) is 7.59. The first-order chi connectivity index (χ1) is 12.1. The van der Waals surface area contributed by atoms with Gasteiger partial charge in [0.2, 0.25) is 5.91 Å². The molecule has 1 amide bonds. The molecule has 0 bridgehead atoms. The van der Waals surface area contributed by atoms with Crippen LogP contribution in [0.2, 0.25) is 0 Å². The van der Waals surface area contributed by atoms with Crippen LogP contribution in [-0.4, -0.2) is 24.5 Å². The molecule has 3 nitrogen and oxygen atoms in total. The van der Waals surface area contributed by atoms with Gasteiger partial charge in [-0.1, -0.05) is 57.2 Å². The van der Waals surface area contributed by atoms with Crippen LogP contribution in [0.4, 0.5) is 8.78 Å². The molecular weight excluding hydrogens is 336 g/mol. The fraction of sp³-hybridized carbons (Fsp3) is 0.381. The monoisotopic (exact) mass is 361 g/mol. The molecule has 2 rings (SSSR count). The second kappa shape index (κ2) is 8.30. The molecule has 0 atom stereocenters. The molecular formula is C21H25F2NO2. The Kier molecular flexibility index (Phi) is 6.35. The van der Waals surface area contributed by atoms with Crippen molar-refractivity contribution in [2.24, 2.45) is 5.41 Å². The van der Waals surface area contributed by atoms with E-state index in [0.717, 1.165) is 16.7 Å². The summed E-state index contributed by atoms with van der Waals surface area (Å²) >= 11 is 0. The SMILES string of the molecule is CN(Cc1ccc(-c2ccc(OC(F)F)cc2)cc1)C(=O)CC(C)(C)C. The van der Waals surface area contributed by atoms with E-state index in [0.29, 0.717) is 13.0 Å². The van der Waals surface area contributed by atoms with Crippen LogP contribution < -0.4 is 4.74 Å². The van der Waals surface area contributed by atoms with Gasteiger partial charge in [-0.05, 0) is 34.2 Å². The number of nitrogens with zero attached hydrogens (tertiary/aromatic N) is 1. The molecule has 0 saturated heterocycles. The highest BCUT2D eigenvalue weighted by atomic mass is 19.3. The predicted octanol–water partition coefficient (Wildman–Crippen LogP) is 5.35. The number of hydrogen-bond acceptors (Lipinski definition) is 2. The summed E-state index contributed by atoms with van der Waals surface area (Å²) in [6.45, 7) is 3.87. The van der Waals surface area contributed by atoms with Gasteiger partial charge in [-0.15, -0.1) is 0 Å². The molecule has 0 saturated carbocycles. The Morgan fingerprint density at radius 1 is 1.00 bits per heavy atom. The Balaban J connectivity index is 2.00. The van der Waals surface area contributed by atoms with E-state index in [-0.39, 0.29) is 17.1 Å². The molecule has 0 heterocycles. The van der Waals surface area contributed by atoms with Crippen molar-refractivity contribution in [3.63, 3.8) is 0 Å². The molecule has 0 aliphatic heterocycles. The van der Waals surface area contributed by atoms with E-state index >= 15 is 0 Å². The van der Waals surface area contributed by atoms with Crippen molar-refractivity contribution in [3.8, 4) is 16.9 Å². The van der Waals surface area contributed by atoms with Crippen LogP contribution in [0.15, 0.2) is 48.5 Å². The van der Waals surface area contributed by atoms with Crippen molar-refractivity contribution in [1.82, 2.24) is 4.90 Å². The molecule has 2 aromatic carbocycles. The molecule has 0 N–H and O–H groups in total. The highest BCUT2D eigenvalue weighted by Gasteiger charge is 2.19. The number of benzene rings is 2. The zero-order chi connectivity index (χ0) is 19.3. The molecule has 2 aromatic rings. The molecule has 0 unspecified atom stereocenters. The van der Waals surface area contributed by atoms with Crippen molar-refractivity contribution < 1.29 is 18.3 Å². The third-order valence-corrected chi connectivity index (χ3v) is 3.89. The van der Waals surface area contributed by atoms with E-state index in [1.54, 1.807) is 17.0 Å². The lowest BCUT2D eigenvalue weighted by molar-refractivity contribution is -0.132. The van der Waals surface area contributed by atoms with Crippen molar-refractivity contribution in [3.05, 3.63) is 54.1 Å². The van der Waals surface area contributed by atoms with Crippen LogP contribution in [0.3, 0.4) is 0 Å². The minimum atomic E-state index is -2.82. The number of hydrogen-bond donors (Lipinski definition) is 0. The van der Waals surface area contributed by atoms with Gasteiger partial charge in [0.05, 0.1) is 0 Å². The molecule has 26 heavy (non-hydrogen) atoms. The lowest BCUT2D eigenvalue weighted by Gasteiger charge is -2.23. The van der Waals surface area contributed by atoms with Crippen LogP contribution >= 0.6 is 0 Å². The molecule has 0 spiro atoms. The number of amides is 1. The van der Waals surface area contributed by atoms with Crippen molar-refractivity contribution in [2.45, 2.75) is 40.3 Å². The molecule has 5 heteroatoms. The van der Waals surface area contributed by atoms with E-state index in [1.165, 1.54) is 12.1 Å². The van der Waals surface area contributed by atoms with Gasteiger partial charge in [0.1, 0.15) is 5.75 Å². The average molecular weight is 361 g/mol. The molecule has 0 fully saturated rings. The number of ether oxygens (including phenoxy) is 1. The third-order valence-electron chi connectivity index (χ3n) is 3.89. The fourth-order valence-electron chi connectivity index (χ4n) is 2.58. The molecule has 0 aromatic heterocycles. The predicted molar refractivity (Wildman–Crippen MR) is 99.1 cm³/mol. The lowest BCUT2D eigenvalue weighted by Crippen LogP contribution is -2.29. The number of halogens is 2. The summed E-state index contributed by atoms with van der Waals surface area (Å²) in [5.41, 5.74) is 2.89. The summed E-state index contributed by atoms with van der Waals surface area (Å²) in [6.07, 6.45) is 0.509. The van der Waals surface area contributed by atoms with Gasteiger partial charge in [0.15, 0.2) is 0 Å². The highest BCUT2D eigenvalue weighted by Crippen LogP contribution is 2.24. The van der Waals surface area contributed by atoms with Crippen LogP contribution in [-0.2, 0) is 11.3 Å². The van der Waals surface area contributed by atoms with Gasteiger partial charge < -0.3 is 9.64 Å². The summed E-state index contributed by atoms with van der Waals surface area (Å²) in [6, 6.07) is 14.4. The van der Waals surface area contributed by atoms with Crippen molar-refractivity contribution in [1.29, 1.82) is 0 Å². The minimum absolute atomic E-state index is 0.0323. The average Bonchev–Trinajstić information content (AvgIpc) is 2.54. The van der Waals surface area contributed by atoms with E-state index in [9.17, 15) is 13.6 Å². The van der Waals surface area contributed by atoms with Crippen molar-refractivity contribution in [2.75, 3.05) is 7.05 Å².